The van der Waals surface area contributed by atoms with Crippen LogP contribution >= 0.6 is 0 Å². The summed E-state index contributed by atoms with van der Waals surface area (Å²) in [5.74, 6) is 1.93. The number of nitrogens with one attached hydrogen (secondary N) is 1. The maximum atomic E-state index is 12.4. The minimum Gasteiger partial charge on any atom is -0.474 e. The minimum absolute atomic E-state index is 0.0116. The lowest BCUT2D eigenvalue weighted by Crippen LogP contribution is -2.46. The van der Waals surface area contributed by atoms with Gasteiger partial charge in [0.25, 0.3) is 0 Å². The summed E-state index contributed by atoms with van der Waals surface area (Å²) in [4.78, 5) is 22.4. The number of aromatic nitrogens is 2. The molecule has 0 bridgehead atoms. The molecule has 0 spiro atoms. The summed E-state index contributed by atoms with van der Waals surface area (Å²) < 4.78 is 21.5. The Balaban J connectivity index is 1.23. The fourth-order valence-electron chi connectivity index (χ4n) is 3.18. The zero-order chi connectivity index (χ0) is 19.3. The van der Waals surface area contributed by atoms with Gasteiger partial charge in [-0.2, -0.15) is 4.98 Å². The van der Waals surface area contributed by atoms with E-state index in [4.69, 9.17) is 18.9 Å². The van der Waals surface area contributed by atoms with Crippen LogP contribution in [0.1, 0.15) is 18.4 Å². The van der Waals surface area contributed by atoms with E-state index in [0.717, 1.165) is 24.2 Å². The number of likely N-dealkylation sites (tertiary alicyclic amines) is 1. The van der Waals surface area contributed by atoms with Crippen LogP contribution < -0.4 is 24.3 Å². The van der Waals surface area contributed by atoms with Crippen molar-refractivity contribution in [1.29, 1.82) is 0 Å². The van der Waals surface area contributed by atoms with Gasteiger partial charge in [-0.1, -0.05) is 6.07 Å². The molecule has 0 unspecified atom stereocenters. The van der Waals surface area contributed by atoms with Crippen LogP contribution in [-0.2, 0) is 6.54 Å². The van der Waals surface area contributed by atoms with Crippen LogP contribution in [-0.4, -0.2) is 54.0 Å². The molecule has 1 saturated heterocycles. The third-order valence-electron chi connectivity index (χ3n) is 4.69. The second-order valence-corrected chi connectivity index (χ2v) is 6.53. The first-order valence-corrected chi connectivity index (χ1v) is 9.16. The third-order valence-corrected chi connectivity index (χ3v) is 4.69. The molecule has 2 amide bonds. The van der Waals surface area contributed by atoms with Gasteiger partial charge in [-0.15, -0.1) is 0 Å². The summed E-state index contributed by atoms with van der Waals surface area (Å²) in [7, 11) is 1.51. The van der Waals surface area contributed by atoms with Gasteiger partial charge in [-0.3, -0.25) is 0 Å². The molecule has 2 aliphatic rings. The Morgan fingerprint density at radius 1 is 1.25 bits per heavy atom. The van der Waals surface area contributed by atoms with Crippen molar-refractivity contribution in [2.24, 2.45) is 0 Å². The molecule has 4 rings (SSSR count). The Bertz CT molecular complexity index is 839. The Labute approximate surface area is 162 Å². The van der Waals surface area contributed by atoms with Crippen molar-refractivity contribution in [1.82, 2.24) is 20.2 Å². The first-order chi connectivity index (χ1) is 13.7. The SMILES string of the molecule is COc1nccc(OC2CCN(C(=O)NCc3ccc4c(c3)OCO4)CC2)n1. The fraction of sp³-hybridized carbons (Fsp3) is 0.421. The number of piperidine rings is 1. The fourth-order valence-corrected chi connectivity index (χ4v) is 3.18. The zero-order valence-electron chi connectivity index (χ0n) is 15.6. The van der Waals surface area contributed by atoms with Crippen molar-refractivity contribution in [3.8, 4) is 23.4 Å². The van der Waals surface area contributed by atoms with Gasteiger partial charge >= 0.3 is 12.0 Å². The van der Waals surface area contributed by atoms with Crippen molar-refractivity contribution >= 4 is 6.03 Å². The summed E-state index contributed by atoms with van der Waals surface area (Å²) in [5, 5.41) is 2.95. The summed E-state index contributed by atoms with van der Waals surface area (Å²) in [6.45, 7) is 1.93. The molecule has 1 aromatic carbocycles. The Hall–Kier alpha value is -3.23. The second kappa shape index (κ2) is 8.20. The molecule has 1 aromatic heterocycles. The van der Waals surface area contributed by atoms with Gasteiger partial charge in [0.15, 0.2) is 11.5 Å². The number of urea groups is 1. The number of carbonyl (C=O) groups is 1. The maximum Gasteiger partial charge on any atom is 0.319 e. The highest BCUT2D eigenvalue weighted by Crippen LogP contribution is 2.32. The zero-order valence-corrected chi connectivity index (χ0v) is 15.6. The van der Waals surface area contributed by atoms with E-state index < -0.39 is 0 Å². The van der Waals surface area contributed by atoms with Crippen LogP contribution in [0.2, 0.25) is 0 Å². The highest BCUT2D eigenvalue weighted by Gasteiger charge is 2.24. The van der Waals surface area contributed by atoms with Crippen molar-refractivity contribution in [2.75, 3.05) is 27.0 Å². The Morgan fingerprint density at radius 2 is 2.07 bits per heavy atom. The van der Waals surface area contributed by atoms with E-state index in [-0.39, 0.29) is 24.9 Å². The number of amides is 2. The maximum absolute atomic E-state index is 12.4. The van der Waals surface area contributed by atoms with Crippen LogP contribution in [0.4, 0.5) is 4.79 Å². The minimum atomic E-state index is -0.0835. The van der Waals surface area contributed by atoms with E-state index in [1.807, 2.05) is 18.2 Å². The van der Waals surface area contributed by atoms with Crippen molar-refractivity contribution in [3.63, 3.8) is 0 Å². The smallest absolute Gasteiger partial charge is 0.319 e. The molecule has 0 radical (unpaired) electrons. The van der Waals surface area contributed by atoms with E-state index in [1.54, 1.807) is 17.2 Å². The second-order valence-electron chi connectivity index (χ2n) is 6.53. The van der Waals surface area contributed by atoms with Gasteiger partial charge in [-0.05, 0) is 17.7 Å². The molecule has 0 saturated carbocycles. The molecule has 28 heavy (non-hydrogen) atoms. The molecule has 1 N–H and O–H groups in total. The first-order valence-electron chi connectivity index (χ1n) is 9.16. The molecule has 2 aromatic rings. The van der Waals surface area contributed by atoms with Gasteiger partial charge in [0.2, 0.25) is 12.7 Å². The highest BCUT2D eigenvalue weighted by molar-refractivity contribution is 5.74. The molecular formula is C19H22N4O5. The number of methoxy groups -OCH3 is 1. The number of rotatable bonds is 5. The molecule has 1 fully saturated rings. The van der Waals surface area contributed by atoms with E-state index in [2.05, 4.69) is 15.3 Å². The summed E-state index contributed by atoms with van der Waals surface area (Å²) in [6.07, 6.45) is 3.09. The van der Waals surface area contributed by atoms with E-state index in [0.29, 0.717) is 31.3 Å². The molecule has 0 aliphatic carbocycles. The molecular weight excluding hydrogens is 364 g/mol. The first kappa shape index (κ1) is 18.1. The van der Waals surface area contributed by atoms with Crippen LogP contribution in [0.15, 0.2) is 30.5 Å². The molecule has 9 nitrogen and oxygen atoms in total. The van der Waals surface area contributed by atoms with Gasteiger partial charge < -0.3 is 29.2 Å². The average Bonchev–Trinajstić information content (AvgIpc) is 3.20. The summed E-state index contributed by atoms with van der Waals surface area (Å²) >= 11 is 0. The van der Waals surface area contributed by atoms with E-state index >= 15 is 0 Å². The highest BCUT2D eigenvalue weighted by atomic mass is 16.7. The topological polar surface area (TPSA) is 95.0 Å². The molecule has 9 heteroatoms. The van der Waals surface area contributed by atoms with Gasteiger partial charge in [-0.25, -0.2) is 9.78 Å². The lowest BCUT2D eigenvalue weighted by molar-refractivity contribution is 0.106. The van der Waals surface area contributed by atoms with Crippen LogP contribution in [0, 0.1) is 0 Å². The molecule has 2 aliphatic heterocycles. The Kier molecular flexibility index (Phi) is 5.31. The standard InChI is InChI=1S/C19H22N4O5/c1-25-18-20-7-4-17(22-18)28-14-5-8-23(9-6-14)19(24)21-11-13-2-3-15-16(10-13)27-12-26-15/h2-4,7,10,14H,5-6,8-9,11-12H2,1H3,(H,21,24). The Morgan fingerprint density at radius 3 is 2.89 bits per heavy atom. The number of benzene rings is 1. The van der Waals surface area contributed by atoms with E-state index in [1.165, 1.54) is 7.11 Å². The van der Waals surface area contributed by atoms with Crippen molar-refractivity contribution < 1.29 is 23.7 Å². The van der Waals surface area contributed by atoms with Gasteiger partial charge in [0, 0.05) is 44.7 Å². The number of nitrogens with zero attached hydrogens (tertiary/aromatic N) is 3. The summed E-state index contributed by atoms with van der Waals surface area (Å²) in [6, 6.07) is 7.56. The third kappa shape index (κ3) is 4.19. The number of hydrogen-bond acceptors (Lipinski definition) is 7. The lowest BCUT2D eigenvalue weighted by Gasteiger charge is -2.32. The predicted molar refractivity (Wildman–Crippen MR) is 98.6 cm³/mol. The van der Waals surface area contributed by atoms with Crippen LogP contribution in [0.5, 0.6) is 23.4 Å². The molecule has 0 atom stereocenters. The van der Waals surface area contributed by atoms with Gasteiger partial charge in [0.05, 0.1) is 7.11 Å². The van der Waals surface area contributed by atoms with Crippen LogP contribution in [0.25, 0.3) is 0 Å². The van der Waals surface area contributed by atoms with Gasteiger partial charge in [0.1, 0.15) is 6.10 Å². The van der Waals surface area contributed by atoms with Crippen molar-refractivity contribution in [2.45, 2.75) is 25.5 Å². The summed E-state index contributed by atoms with van der Waals surface area (Å²) in [5.41, 5.74) is 0.966. The number of carbonyl (C=O) groups excluding carboxylic acids is 1. The average molecular weight is 386 g/mol. The van der Waals surface area contributed by atoms with Crippen molar-refractivity contribution in [3.05, 3.63) is 36.0 Å². The van der Waals surface area contributed by atoms with E-state index in [9.17, 15) is 4.79 Å². The number of hydrogen-bond donors (Lipinski definition) is 1. The molecule has 148 valence electrons. The largest absolute Gasteiger partial charge is 0.474 e. The monoisotopic (exact) mass is 386 g/mol. The van der Waals surface area contributed by atoms with Crippen LogP contribution in [0.3, 0.4) is 0 Å². The normalized spacial score (nSPS) is 16.0. The lowest BCUT2D eigenvalue weighted by atomic mass is 10.1. The number of fused-ring (bicyclic) bond motifs is 1. The molecule has 3 heterocycles. The predicted octanol–water partition coefficient (Wildman–Crippen LogP) is 1.97. The quantitative estimate of drug-likeness (QED) is 0.839. The number of ether oxygens (including phenoxy) is 4.